The molecular formula is C17H27N5O3. The lowest BCUT2D eigenvalue weighted by Crippen LogP contribution is -2.38. The predicted octanol–water partition coefficient (Wildman–Crippen LogP) is 1.23. The van der Waals surface area contributed by atoms with E-state index in [9.17, 15) is 9.59 Å². The minimum absolute atomic E-state index is 0.362. The van der Waals surface area contributed by atoms with Crippen LogP contribution in [0.1, 0.15) is 39.0 Å². The van der Waals surface area contributed by atoms with E-state index in [1.54, 1.807) is 7.05 Å². The molecule has 1 aliphatic rings. The van der Waals surface area contributed by atoms with E-state index in [1.807, 2.05) is 4.57 Å². The van der Waals surface area contributed by atoms with Gasteiger partial charge in [0.1, 0.15) is 0 Å². The zero-order chi connectivity index (χ0) is 17.8. The SMILES string of the molecule is CCCCCCCn1c(N2CCOCC2)nc2c1c(=O)[nH]c(=O)n2C. The average molecular weight is 349 g/mol. The van der Waals surface area contributed by atoms with Crippen molar-refractivity contribution in [3.63, 3.8) is 0 Å². The Balaban J connectivity index is 1.98. The molecule has 0 unspecified atom stereocenters. The van der Waals surface area contributed by atoms with Gasteiger partial charge in [-0.1, -0.05) is 32.6 Å². The molecule has 0 radical (unpaired) electrons. The van der Waals surface area contributed by atoms with Crippen LogP contribution in [0.15, 0.2) is 9.59 Å². The lowest BCUT2D eigenvalue weighted by Gasteiger charge is -2.28. The lowest BCUT2D eigenvalue weighted by atomic mass is 10.1. The van der Waals surface area contributed by atoms with E-state index >= 15 is 0 Å². The number of morpholine rings is 1. The molecule has 3 rings (SSSR count). The Kier molecular flexibility index (Phi) is 5.57. The Morgan fingerprint density at radius 1 is 1.12 bits per heavy atom. The molecule has 2 aromatic heterocycles. The number of imidazole rings is 1. The molecule has 25 heavy (non-hydrogen) atoms. The van der Waals surface area contributed by atoms with Gasteiger partial charge in [0, 0.05) is 26.7 Å². The third-order valence-electron chi connectivity index (χ3n) is 4.77. The highest BCUT2D eigenvalue weighted by Gasteiger charge is 2.22. The van der Waals surface area contributed by atoms with Crippen LogP contribution < -0.4 is 16.1 Å². The maximum Gasteiger partial charge on any atom is 0.329 e. The van der Waals surface area contributed by atoms with Crippen LogP contribution in [-0.2, 0) is 18.3 Å². The number of aromatic nitrogens is 4. The molecule has 8 nitrogen and oxygen atoms in total. The van der Waals surface area contributed by atoms with Gasteiger partial charge >= 0.3 is 5.69 Å². The molecule has 1 saturated heterocycles. The van der Waals surface area contributed by atoms with Crippen LogP contribution >= 0.6 is 0 Å². The number of fused-ring (bicyclic) bond motifs is 1. The number of rotatable bonds is 7. The van der Waals surface area contributed by atoms with Gasteiger partial charge in [0.25, 0.3) is 5.56 Å². The van der Waals surface area contributed by atoms with Gasteiger partial charge in [-0.15, -0.1) is 0 Å². The van der Waals surface area contributed by atoms with Gasteiger partial charge in [-0.05, 0) is 6.42 Å². The van der Waals surface area contributed by atoms with Crippen LogP contribution in [0, 0.1) is 0 Å². The van der Waals surface area contributed by atoms with Crippen molar-refractivity contribution in [2.45, 2.75) is 45.6 Å². The normalized spacial score (nSPS) is 15.2. The summed E-state index contributed by atoms with van der Waals surface area (Å²) in [5, 5.41) is 0. The van der Waals surface area contributed by atoms with Crippen LogP contribution in [0.2, 0.25) is 0 Å². The number of hydrogen-bond acceptors (Lipinski definition) is 5. The quantitative estimate of drug-likeness (QED) is 0.760. The number of unbranched alkanes of at least 4 members (excludes halogenated alkanes) is 4. The first kappa shape index (κ1) is 17.7. The molecule has 3 heterocycles. The summed E-state index contributed by atoms with van der Waals surface area (Å²) in [4.78, 5) is 33.5. The zero-order valence-corrected chi connectivity index (χ0v) is 15.1. The Hall–Kier alpha value is -2.09. The summed E-state index contributed by atoms with van der Waals surface area (Å²) in [7, 11) is 1.64. The molecule has 1 aliphatic heterocycles. The van der Waals surface area contributed by atoms with E-state index in [0.29, 0.717) is 24.4 Å². The number of H-pyrrole nitrogens is 1. The molecule has 0 bridgehead atoms. The number of nitrogens with zero attached hydrogens (tertiary/aromatic N) is 4. The number of aromatic amines is 1. The number of anilines is 1. The molecule has 138 valence electrons. The minimum atomic E-state index is -0.432. The first-order chi connectivity index (χ1) is 12.1. The van der Waals surface area contributed by atoms with E-state index < -0.39 is 5.69 Å². The van der Waals surface area contributed by atoms with Crippen molar-refractivity contribution in [3.05, 3.63) is 20.8 Å². The van der Waals surface area contributed by atoms with E-state index in [-0.39, 0.29) is 5.56 Å². The lowest BCUT2D eigenvalue weighted by molar-refractivity contribution is 0.121. The average Bonchev–Trinajstić information content (AvgIpc) is 3.00. The summed E-state index contributed by atoms with van der Waals surface area (Å²) in [5.74, 6) is 0.764. The van der Waals surface area contributed by atoms with Gasteiger partial charge in [0.15, 0.2) is 11.2 Å². The summed E-state index contributed by atoms with van der Waals surface area (Å²) < 4.78 is 8.81. The van der Waals surface area contributed by atoms with E-state index in [2.05, 4.69) is 21.8 Å². The second kappa shape index (κ2) is 7.86. The van der Waals surface area contributed by atoms with Crippen molar-refractivity contribution in [2.24, 2.45) is 7.05 Å². The first-order valence-corrected chi connectivity index (χ1v) is 9.15. The van der Waals surface area contributed by atoms with E-state index in [0.717, 1.165) is 38.4 Å². The van der Waals surface area contributed by atoms with Gasteiger partial charge in [-0.25, -0.2) is 4.79 Å². The van der Waals surface area contributed by atoms with Crippen LogP contribution in [0.3, 0.4) is 0 Å². The number of nitrogens with one attached hydrogen (secondary N) is 1. The van der Waals surface area contributed by atoms with Crippen LogP contribution in [-0.4, -0.2) is 45.4 Å². The molecule has 0 saturated carbocycles. The van der Waals surface area contributed by atoms with Gasteiger partial charge in [0.05, 0.1) is 13.2 Å². The summed E-state index contributed by atoms with van der Waals surface area (Å²) in [6, 6.07) is 0. The molecule has 1 fully saturated rings. The molecule has 2 aromatic rings. The maximum atomic E-state index is 12.4. The highest BCUT2D eigenvalue weighted by atomic mass is 16.5. The van der Waals surface area contributed by atoms with E-state index in [1.165, 1.54) is 23.8 Å². The summed E-state index contributed by atoms with van der Waals surface area (Å²) in [6.07, 6.45) is 5.75. The fourth-order valence-corrected chi connectivity index (χ4v) is 3.31. The molecule has 0 spiro atoms. The molecular weight excluding hydrogens is 322 g/mol. The standard InChI is InChI=1S/C17H27N5O3/c1-3-4-5-6-7-8-22-13-14(20(2)17(24)19-15(13)23)18-16(22)21-9-11-25-12-10-21/h3-12H2,1-2H3,(H,19,23,24). The highest BCUT2D eigenvalue weighted by Crippen LogP contribution is 2.21. The monoisotopic (exact) mass is 349 g/mol. The fourth-order valence-electron chi connectivity index (χ4n) is 3.31. The minimum Gasteiger partial charge on any atom is -0.378 e. The molecule has 0 aliphatic carbocycles. The zero-order valence-electron chi connectivity index (χ0n) is 15.1. The Bertz CT molecular complexity index is 829. The second-order valence-corrected chi connectivity index (χ2v) is 6.57. The molecule has 0 aromatic carbocycles. The second-order valence-electron chi connectivity index (χ2n) is 6.57. The number of ether oxygens (including phenoxy) is 1. The Labute approximate surface area is 146 Å². The van der Waals surface area contributed by atoms with Gasteiger partial charge in [-0.2, -0.15) is 4.98 Å². The van der Waals surface area contributed by atoms with Gasteiger partial charge in [-0.3, -0.25) is 14.3 Å². The molecule has 1 N–H and O–H groups in total. The fraction of sp³-hybridized carbons (Fsp3) is 0.706. The third kappa shape index (κ3) is 3.63. The number of aryl methyl sites for hydroxylation is 2. The maximum absolute atomic E-state index is 12.4. The van der Waals surface area contributed by atoms with Crippen LogP contribution in [0.4, 0.5) is 5.95 Å². The van der Waals surface area contributed by atoms with Gasteiger partial charge < -0.3 is 14.2 Å². The summed E-state index contributed by atoms with van der Waals surface area (Å²) >= 11 is 0. The Morgan fingerprint density at radius 3 is 2.56 bits per heavy atom. The van der Waals surface area contributed by atoms with Crippen LogP contribution in [0.25, 0.3) is 11.2 Å². The van der Waals surface area contributed by atoms with Crippen LogP contribution in [0.5, 0.6) is 0 Å². The van der Waals surface area contributed by atoms with Gasteiger partial charge in [0.2, 0.25) is 5.95 Å². The van der Waals surface area contributed by atoms with Crippen molar-refractivity contribution >= 4 is 17.1 Å². The first-order valence-electron chi connectivity index (χ1n) is 9.15. The van der Waals surface area contributed by atoms with Crippen molar-refractivity contribution in [1.29, 1.82) is 0 Å². The largest absolute Gasteiger partial charge is 0.378 e. The molecule has 0 amide bonds. The third-order valence-corrected chi connectivity index (χ3v) is 4.77. The smallest absolute Gasteiger partial charge is 0.329 e. The highest BCUT2D eigenvalue weighted by molar-refractivity contribution is 5.74. The Morgan fingerprint density at radius 2 is 1.84 bits per heavy atom. The van der Waals surface area contributed by atoms with E-state index in [4.69, 9.17) is 4.74 Å². The predicted molar refractivity (Wildman–Crippen MR) is 97.4 cm³/mol. The van der Waals surface area contributed by atoms with Crippen molar-refractivity contribution in [3.8, 4) is 0 Å². The number of hydrogen-bond donors (Lipinski definition) is 1. The summed E-state index contributed by atoms with van der Waals surface area (Å²) in [5.41, 5.74) is 0.139. The molecule has 0 atom stereocenters. The van der Waals surface area contributed by atoms with Crippen molar-refractivity contribution in [2.75, 3.05) is 31.2 Å². The summed E-state index contributed by atoms with van der Waals surface area (Å²) in [6.45, 7) is 5.70. The van der Waals surface area contributed by atoms with Crippen molar-refractivity contribution < 1.29 is 4.74 Å². The van der Waals surface area contributed by atoms with Crippen molar-refractivity contribution in [1.82, 2.24) is 19.1 Å². The molecule has 8 heteroatoms. The topological polar surface area (TPSA) is 85.2 Å².